The number of carbonyl (C=O) groups is 3. The normalized spacial score (nSPS) is 20.5. The maximum absolute atomic E-state index is 12.6. The fraction of sp³-hybridized carbons (Fsp3) is 0.350. The Hall–Kier alpha value is -3.50. The number of amides is 2. The Balaban J connectivity index is 0.000000339. The molecule has 2 fully saturated rings. The van der Waals surface area contributed by atoms with E-state index in [1.54, 1.807) is 35.6 Å². The highest BCUT2D eigenvalue weighted by Crippen LogP contribution is 2.41. The van der Waals surface area contributed by atoms with Crippen molar-refractivity contribution in [1.29, 1.82) is 0 Å². The van der Waals surface area contributed by atoms with Crippen LogP contribution in [-0.4, -0.2) is 63.6 Å². The van der Waals surface area contributed by atoms with E-state index in [1.807, 2.05) is 23.1 Å². The van der Waals surface area contributed by atoms with Gasteiger partial charge in [-0.05, 0) is 30.7 Å². The third kappa shape index (κ3) is 5.16. The standard InChI is InChI=1S/C18H18N4O2.C2HF3O2/c23-16-11-18(13-22(16)15-3-1-2-7-20-15)6-10-21(12-18)17(24)14-4-8-19-9-5-14;3-2(4,5)1(6)7/h1-5,7-9H,6,10-13H2;(H,6,7). The molecule has 0 bridgehead atoms. The van der Waals surface area contributed by atoms with Crippen LogP contribution in [0.4, 0.5) is 19.0 Å². The minimum Gasteiger partial charge on any atom is -0.475 e. The smallest absolute Gasteiger partial charge is 0.475 e. The van der Waals surface area contributed by atoms with Gasteiger partial charge in [-0.15, -0.1) is 0 Å². The van der Waals surface area contributed by atoms with E-state index < -0.39 is 12.1 Å². The minimum absolute atomic E-state index is 0.0120. The van der Waals surface area contributed by atoms with E-state index in [2.05, 4.69) is 9.97 Å². The van der Waals surface area contributed by atoms with Gasteiger partial charge < -0.3 is 10.0 Å². The Morgan fingerprint density at radius 2 is 1.74 bits per heavy atom. The summed E-state index contributed by atoms with van der Waals surface area (Å²) in [5, 5.41) is 7.12. The first kappa shape index (κ1) is 22.2. The molecule has 2 aromatic heterocycles. The molecule has 2 saturated heterocycles. The van der Waals surface area contributed by atoms with Crippen molar-refractivity contribution in [3.63, 3.8) is 0 Å². The number of hydrogen-bond donors (Lipinski definition) is 1. The van der Waals surface area contributed by atoms with Crippen molar-refractivity contribution in [2.24, 2.45) is 5.41 Å². The summed E-state index contributed by atoms with van der Waals surface area (Å²) in [5.74, 6) is -1.96. The van der Waals surface area contributed by atoms with E-state index in [-0.39, 0.29) is 17.2 Å². The van der Waals surface area contributed by atoms with Gasteiger partial charge >= 0.3 is 12.1 Å². The van der Waals surface area contributed by atoms with E-state index in [0.29, 0.717) is 37.4 Å². The van der Waals surface area contributed by atoms with E-state index in [0.717, 1.165) is 6.42 Å². The molecule has 0 aromatic carbocycles. The van der Waals surface area contributed by atoms with Crippen LogP contribution < -0.4 is 4.90 Å². The molecule has 31 heavy (non-hydrogen) atoms. The number of rotatable bonds is 2. The van der Waals surface area contributed by atoms with Gasteiger partial charge in [-0.1, -0.05) is 6.07 Å². The first-order valence-electron chi connectivity index (χ1n) is 9.32. The zero-order chi connectivity index (χ0) is 22.6. The second kappa shape index (κ2) is 8.70. The van der Waals surface area contributed by atoms with Crippen molar-refractivity contribution in [2.45, 2.75) is 19.0 Å². The fourth-order valence-corrected chi connectivity index (χ4v) is 3.68. The molecule has 1 unspecified atom stereocenters. The molecule has 0 radical (unpaired) electrons. The number of pyridine rings is 2. The van der Waals surface area contributed by atoms with Crippen LogP contribution in [-0.2, 0) is 9.59 Å². The summed E-state index contributed by atoms with van der Waals surface area (Å²) in [6.45, 7) is 1.93. The van der Waals surface area contributed by atoms with Crippen LogP contribution in [0.5, 0.6) is 0 Å². The molecule has 4 heterocycles. The largest absolute Gasteiger partial charge is 0.490 e. The summed E-state index contributed by atoms with van der Waals surface area (Å²) >= 11 is 0. The van der Waals surface area contributed by atoms with Gasteiger partial charge in [0.05, 0.1) is 0 Å². The van der Waals surface area contributed by atoms with Crippen LogP contribution in [0, 0.1) is 5.41 Å². The maximum atomic E-state index is 12.6. The van der Waals surface area contributed by atoms with Crippen LogP contribution in [0.2, 0.25) is 0 Å². The number of aromatic nitrogens is 2. The van der Waals surface area contributed by atoms with Crippen molar-refractivity contribution in [1.82, 2.24) is 14.9 Å². The molecule has 11 heteroatoms. The van der Waals surface area contributed by atoms with Crippen LogP contribution >= 0.6 is 0 Å². The molecule has 0 aliphatic carbocycles. The van der Waals surface area contributed by atoms with Crippen molar-refractivity contribution >= 4 is 23.6 Å². The Morgan fingerprint density at radius 1 is 1.06 bits per heavy atom. The predicted molar refractivity (Wildman–Crippen MR) is 102 cm³/mol. The van der Waals surface area contributed by atoms with Gasteiger partial charge in [0.1, 0.15) is 5.82 Å². The fourth-order valence-electron chi connectivity index (χ4n) is 3.68. The Labute approximate surface area is 175 Å². The van der Waals surface area contributed by atoms with Gasteiger partial charge in [0, 0.05) is 55.6 Å². The number of hydrogen-bond acceptors (Lipinski definition) is 5. The zero-order valence-electron chi connectivity index (χ0n) is 16.2. The molecule has 4 rings (SSSR count). The highest BCUT2D eigenvalue weighted by molar-refractivity contribution is 5.97. The highest BCUT2D eigenvalue weighted by atomic mass is 19.4. The van der Waals surface area contributed by atoms with E-state index in [9.17, 15) is 22.8 Å². The molecule has 2 amide bonds. The molecule has 8 nitrogen and oxygen atoms in total. The number of halogens is 3. The lowest BCUT2D eigenvalue weighted by Crippen LogP contribution is -2.34. The van der Waals surface area contributed by atoms with Crippen LogP contribution in [0.1, 0.15) is 23.2 Å². The number of alkyl halides is 3. The van der Waals surface area contributed by atoms with Gasteiger partial charge in [0.15, 0.2) is 0 Å². The zero-order valence-corrected chi connectivity index (χ0v) is 16.2. The Bertz CT molecular complexity index is 956. The summed E-state index contributed by atoms with van der Waals surface area (Å²) in [7, 11) is 0. The van der Waals surface area contributed by atoms with Gasteiger partial charge in [-0.3, -0.25) is 19.5 Å². The first-order valence-corrected chi connectivity index (χ1v) is 9.32. The van der Waals surface area contributed by atoms with Gasteiger partial charge in [0.2, 0.25) is 5.91 Å². The monoisotopic (exact) mass is 436 g/mol. The SMILES string of the molecule is O=C(O)C(F)(F)F.O=C(c1ccncc1)N1CCC2(CC(=O)N(c3ccccn3)C2)C1. The minimum atomic E-state index is -5.08. The lowest BCUT2D eigenvalue weighted by molar-refractivity contribution is -0.192. The number of carbonyl (C=O) groups excluding carboxylic acids is 2. The number of aliphatic carboxylic acids is 1. The van der Waals surface area contributed by atoms with Crippen LogP contribution in [0.3, 0.4) is 0 Å². The summed E-state index contributed by atoms with van der Waals surface area (Å²) in [5.41, 5.74) is 0.491. The molecule has 2 aromatic rings. The molecule has 1 atom stereocenters. The quantitative estimate of drug-likeness (QED) is 0.775. The van der Waals surface area contributed by atoms with Crippen molar-refractivity contribution in [3.8, 4) is 0 Å². The molecular weight excluding hydrogens is 417 g/mol. The third-order valence-corrected chi connectivity index (χ3v) is 5.14. The second-order valence-electron chi connectivity index (χ2n) is 7.36. The molecule has 2 aliphatic heterocycles. The average molecular weight is 436 g/mol. The van der Waals surface area contributed by atoms with Crippen molar-refractivity contribution < 1.29 is 32.7 Å². The summed E-state index contributed by atoms with van der Waals surface area (Å²) in [4.78, 5) is 45.8. The number of nitrogens with zero attached hydrogens (tertiary/aromatic N) is 4. The van der Waals surface area contributed by atoms with E-state index in [1.165, 1.54) is 0 Å². The Kier molecular flexibility index (Phi) is 6.23. The first-order chi connectivity index (χ1) is 14.6. The van der Waals surface area contributed by atoms with E-state index in [4.69, 9.17) is 9.90 Å². The molecule has 164 valence electrons. The predicted octanol–water partition coefficient (Wildman–Crippen LogP) is 2.38. The average Bonchev–Trinajstić information content (AvgIpc) is 3.31. The second-order valence-corrected chi connectivity index (χ2v) is 7.36. The Morgan fingerprint density at radius 3 is 2.32 bits per heavy atom. The highest BCUT2D eigenvalue weighted by Gasteiger charge is 2.49. The molecule has 1 N–H and O–H groups in total. The molecule has 0 saturated carbocycles. The maximum Gasteiger partial charge on any atom is 0.490 e. The van der Waals surface area contributed by atoms with Gasteiger partial charge in [-0.2, -0.15) is 13.2 Å². The van der Waals surface area contributed by atoms with Crippen LogP contribution in [0.25, 0.3) is 0 Å². The topological polar surface area (TPSA) is 104 Å². The number of carboxylic acid groups (broad SMARTS) is 1. The molecular formula is C20H19F3N4O4. The van der Waals surface area contributed by atoms with Crippen molar-refractivity contribution in [2.75, 3.05) is 24.5 Å². The summed E-state index contributed by atoms with van der Waals surface area (Å²) < 4.78 is 31.7. The summed E-state index contributed by atoms with van der Waals surface area (Å²) in [6, 6.07) is 9.03. The lowest BCUT2D eigenvalue weighted by atomic mass is 9.86. The lowest BCUT2D eigenvalue weighted by Gasteiger charge is -2.24. The third-order valence-electron chi connectivity index (χ3n) is 5.14. The number of likely N-dealkylation sites (tertiary alicyclic amines) is 1. The molecule has 1 spiro atoms. The van der Waals surface area contributed by atoms with Crippen molar-refractivity contribution in [3.05, 3.63) is 54.5 Å². The number of anilines is 1. The molecule has 2 aliphatic rings. The van der Waals surface area contributed by atoms with E-state index >= 15 is 0 Å². The number of carboxylic acids is 1. The van der Waals surface area contributed by atoms with Crippen LogP contribution in [0.15, 0.2) is 48.9 Å². The van der Waals surface area contributed by atoms with Gasteiger partial charge in [0.25, 0.3) is 5.91 Å². The summed E-state index contributed by atoms with van der Waals surface area (Å²) in [6.07, 6.45) is 1.19. The van der Waals surface area contributed by atoms with Gasteiger partial charge in [-0.25, -0.2) is 9.78 Å².